The Hall–Kier alpha value is -0.820. The summed E-state index contributed by atoms with van der Waals surface area (Å²) >= 11 is 0. The number of hydrogen-bond donors (Lipinski definition) is 1. The van der Waals surface area contributed by atoms with Crippen LogP contribution in [0, 0.1) is 5.92 Å². The zero-order valence-corrected chi connectivity index (χ0v) is 10.4. The third-order valence-corrected chi connectivity index (χ3v) is 2.53. The smallest absolute Gasteiger partial charge is 0.00431 e. The lowest BCUT2D eigenvalue weighted by Crippen LogP contribution is -2.28. The van der Waals surface area contributed by atoms with E-state index >= 15 is 0 Å². The summed E-state index contributed by atoms with van der Waals surface area (Å²) in [6.45, 7) is 12.2. The van der Waals surface area contributed by atoms with Gasteiger partial charge in [-0.3, -0.25) is 0 Å². The summed E-state index contributed by atoms with van der Waals surface area (Å²) in [6, 6.07) is 0. The van der Waals surface area contributed by atoms with Crippen molar-refractivity contribution in [1.29, 1.82) is 0 Å². The van der Waals surface area contributed by atoms with E-state index in [0.717, 1.165) is 19.0 Å². The quantitative estimate of drug-likeness (QED) is 0.696. The molecule has 1 heterocycles. The molecular formula is C14H25N. The van der Waals surface area contributed by atoms with Crippen LogP contribution in [0.3, 0.4) is 0 Å². The topological polar surface area (TPSA) is 12.0 Å². The van der Waals surface area contributed by atoms with Gasteiger partial charge in [0.2, 0.25) is 0 Å². The predicted octanol–water partition coefficient (Wildman–Crippen LogP) is 3.70. The summed E-state index contributed by atoms with van der Waals surface area (Å²) in [7, 11) is 0. The van der Waals surface area contributed by atoms with Crippen molar-refractivity contribution in [3.8, 4) is 0 Å². The van der Waals surface area contributed by atoms with Gasteiger partial charge < -0.3 is 5.32 Å². The van der Waals surface area contributed by atoms with E-state index < -0.39 is 0 Å². The lowest BCUT2D eigenvalue weighted by molar-refractivity contribution is 0.425. The first-order valence-corrected chi connectivity index (χ1v) is 6.04. The molecule has 1 heteroatoms. The van der Waals surface area contributed by atoms with Crippen LogP contribution in [-0.4, -0.2) is 13.1 Å². The molecule has 0 aliphatic carbocycles. The maximum atomic E-state index is 3.87. The van der Waals surface area contributed by atoms with Crippen molar-refractivity contribution < 1.29 is 0 Å². The number of allylic oxidation sites excluding steroid dienone is 5. The van der Waals surface area contributed by atoms with E-state index in [1.807, 2.05) is 26.8 Å². The summed E-state index contributed by atoms with van der Waals surface area (Å²) < 4.78 is 0. The molecule has 1 nitrogen and oxygen atoms in total. The number of piperidine rings is 1. The highest BCUT2D eigenvalue weighted by Gasteiger charge is 2.14. The monoisotopic (exact) mass is 207 g/mol. The molecule has 1 aliphatic heterocycles. The van der Waals surface area contributed by atoms with Crippen LogP contribution in [0.5, 0.6) is 0 Å². The Balaban J connectivity index is 0.000000921. The fourth-order valence-electron chi connectivity index (χ4n) is 1.73. The molecule has 0 radical (unpaired) electrons. The van der Waals surface area contributed by atoms with E-state index in [1.165, 1.54) is 18.4 Å². The lowest BCUT2D eigenvalue weighted by atomic mass is 9.89. The normalized spacial score (nSPS) is 18.5. The fourth-order valence-corrected chi connectivity index (χ4v) is 1.73. The standard InChI is InChI=1S/C12H19N.C2H6/c1-3-5-6-11(4-2)12-7-9-13-10-8-12;1-2/h3-6,12-13H,2,7-10H2,1H3;1-2H3/b5-3-,11-6+;. The summed E-state index contributed by atoms with van der Waals surface area (Å²) in [4.78, 5) is 0. The van der Waals surface area contributed by atoms with Crippen LogP contribution < -0.4 is 5.32 Å². The third kappa shape index (κ3) is 5.58. The molecule has 0 unspecified atom stereocenters. The SMILES string of the molecule is C=C/C(=C\C=C/C)C1CCNCC1.CC. The Morgan fingerprint density at radius 2 is 1.87 bits per heavy atom. The first-order chi connectivity index (χ1) is 7.38. The second kappa shape index (κ2) is 9.72. The molecule has 86 valence electrons. The molecule has 0 aromatic heterocycles. The molecule has 0 atom stereocenters. The van der Waals surface area contributed by atoms with Crippen LogP contribution in [0.15, 0.2) is 36.5 Å². The van der Waals surface area contributed by atoms with Gasteiger partial charge in [0.1, 0.15) is 0 Å². The number of nitrogens with one attached hydrogen (secondary N) is 1. The molecule has 1 aliphatic rings. The number of hydrogen-bond acceptors (Lipinski definition) is 1. The first kappa shape index (κ1) is 14.2. The molecule has 1 fully saturated rings. The highest BCUT2D eigenvalue weighted by molar-refractivity contribution is 5.25. The fraction of sp³-hybridized carbons (Fsp3) is 0.571. The molecule has 15 heavy (non-hydrogen) atoms. The van der Waals surface area contributed by atoms with Crippen molar-refractivity contribution in [2.45, 2.75) is 33.6 Å². The van der Waals surface area contributed by atoms with E-state index in [9.17, 15) is 0 Å². The van der Waals surface area contributed by atoms with E-state index in [2.05, 4.69) is 30.1 Å². The molecule has 0 bridgehead atoms. The van der Waals surface area contributed by atoms with Gasteiger partial charge in [-0.2, -0.15) is 0 Å². The zero-order chi connectivity index (χ0) is 11.5. The molecule has 0 aromatic carbocycles. The van der Waals surface area contributed by atoms with Gasteiger partial charge in [0.15, 0.2) is 0 Å². The third-order valence-electron chi connectivity index (χ3n) is 2.53. The van der Waals surface area contributed by atoms with Gasteiger partial charge in [-0.25, -0.2) is 0 Å². The van der Waals surface area contributed by atoms with Crippen molar-refractivity contribution in [2.24, 2.45) is 5.92 Å². The van der Waals surface area contributed by atoms with Crippen LogP contribution in [0.25, 0.3) is 0 Å². The van der Waals surface area contributed by atoms with Crippen molar-refractivity contribution in [3.05, 3.63) is 36.5 Å². The van der Waals surface area contributed by atoms with Crippen molar-refractivity contribution in [2.75, 3.05) is 13.1 Å². The maximum absolute atomic E-state index is 3.87. The number of rotatable bonds is 3. The Morgan fingerprint density at radius 3 is 2.33 bits per heavy atom. The van der Waals surface area contributed by atoms with Gasteiger partial charge in [-0.05, 0) is 44.3 Å². The first-order valence-electron chi connectivity index (χ1n) is 6.04. The summed E-state index contributed by atoms with van der Waals surface area (Å²) in [5, 5.41) is 3.37. The molecule has 0 aromatic rings. The molecule has 1 rings (SSSR count). The molecule has 1 N–H and O–H groups in total. The molecular weight excluding hydrogens is 182 g/mol. The lowest BCUT2D eigenvalue weighted by Gasteiger charge is -2.23. The van der Waals surface area contributed by atoms with Gasteiger partial charge in [0.25, 0.3) is 0 Å². The molecule has 1 saturated heterocycles. The van der Waals surface area contributed by atoms with Gasteiger partial charge in [-0.15, -0.1) is 0 Å². The Kier molecular flexibility index (Phi) is 9.19. The Bertz CT molecular complexity index is 207. The van der Waals surface area contributed by atoms with Gasteiger partial charge >= 0.3 is 0 Å². The highest BCUT2D eigenvalue weighted by atomic mass is 14.9. The minimum absolute atomic E-state index is 0.718. The largest absolute Gasteiger partial charge is 0.317 e. The van der Waals surface area contributed by atoms with Crippen LogP contribution in [-0.2, 0) is 0 Å². The summed E-state index contributed by atoms with van der Waals surface area (Å²) in [6.07, 6.45) is 10.8. The van der Waals surface area contributed by atoms with E-state index in [4.69, 9.17) is 0 Å². The highest BCUT2D eigenvalue weighted by Crippen LogP contribution is 2.21. The molecule has 0 amide bonds. The summed E-state index contributed by atoms with van der Waals surface area (Å²) in [5.74, 6) is 0.718. The van der Waals surface area contributed by atoms with Crippen LogP contribution >= 0.6 is 0 Å². The minimum atomic E-state index is 0.718. The van der Waals surface area contributed by atoms with Crippen LogP contribution in [0.1, 0.15) is 33.6 Å². The molecule has 0 spiro atoms. The van der Waals surface area contributed by atoms with Gasteiger partial charge in [0, 0.05) is 0 Å². The Labute approximate surface area is 95.0 Å². The predicted molar refractivity (Wildman–Crippen MR) is 70.0 cm³/mol. The second-order valence-corrected chi connectivity index (χ2v) is 3.42. The van der Waals surface area contributed by atoms with Gasteiger partial charge in [0.05, 0.1) is 0 Å². The van der Waals surface area contributed by atoms with Crippen LogP contribution in [0.4, 0.5) is 0 Å². The minimum Gasteiger partial charge on any atom is -0.317 e. The average Bonchev–Trinajstić information content (AvgIpc) is 2.34. The van der Waals surface area contributed by atoms with E-state index in [-0.39, 0.29) is 0 Å². The molecule has 0 saturated carbocycles. The Morgan fingerprint density at radius 1 is 1.27 bits per heavy atom. The van der Waals surface area contributed by atoms with E-state index in [1.54, 1.807) is 0 Å². The maximum Gasteiger partial charge on any atom is -0.00431 e. The zero-order valence-electron chi connectivity index (χ0n) is 10.4. The van der Waals surface area contributed by atoms with E-state index in [0.29, 0.717) is 0 Å². The average molecular weight is 207 g/mol. The summed E-state index contributed by atoms with van der Waals surface area (Å²) in [5.41, 5.74) is 1.39. The van der Waals surface area contributed by atoms with Crippen molar-refractivity contribution >= 4 is 0 Å². The van der Waals surface area contributed by atoms with Crippen molar-refractivity contribution in [3.63, 3.8) is 0 Å². The van der Waals surface area contributed by atoms with Crippen molar-refractivity contribution in [1.82, 2.24) is 5.32 Å². The second-order valence-electron chi connectivity index (χ2n) is 3.42. The van der Waals surface area contributed by atoms with Gasteiger partial charge in [-0.1, -0.05) is 44.7 Å². The van der Waals surface area contributed by atoms with Crippen LogP contribution in [0.2, 0.25) is 0 Å².